The standard InChI is InChI=1S/C17H13ClFN5O3/c18-12-8-11(6-7-13(12)19)20-16(23-26)15-14(9-27-24-15)22-17(25)21-10-4-2-1-3-5-10/h1-9,26H,(H,20,23)(H2,21,22,25). The maximum atomic E-state index is 13.3. The molecule has 8 nitrogen and oxygen atoms in total. The first kappa shape index (κ1) is 18.4. The second-order valence-electron chi connectivity index (χ2n) is 5.19. The van der Waals surface area contributed by atoms with Crippen LogP contribution in [0.5, 0.6) is 0 Å². The molecule has 0 aliphatic rings. The van der Waals surface area contributed by atoms with E-state index in [-0.39, 0.29) is 27.9 Å². The van der Waals surface area contributed by atoms with E-state index in [2.05, 4.69) is 20.8 Å². The van der Waals surface area contributed by atoms with Crippen LogP contribution in [0.2, 0.25) is 5.02 Å². The first-order chi connectivity index (χ1) is 13.1. The van der Waals surface area contributed by atoms with Gasteiger partial charge in [0.1, 0.15) is 17.8 Å². The fraction of sp³-hybridized carbons (Fsp3) is 0. The molecule has 0 bridgehead atoms. The first-order valence-corrected chi connectivity index (χ1v) is 7.96. The zero-order chi connectivity index (χ0) is 19.2. The van der Waals surface area contributed by atoms with E-state index in [9.17, 15) is 14.4 Å². The number of benzene rings is 2. The number of nitrogens with zero attached hydrogens (tertiary/aromatic N) is 2. The van der Waals surface area contributed by atoms with Gasteiger partial charge in [0.2, 0.25) is 0 Å². The van der Waals surface area contributed by atoms with Crippen LogP contribution in [-0.2, 0) is 0 Å². The molecule has 0 spiro atoms. The van der Waals surface area contributed by atoms with E-state index in [1.807, 2.05) is 11.5 Å². The van der Waals surface area contributed by atoms with E-state index in [0.29, 0.717) is 5.69 Å². The number of hydrogen-bond donors (Lipinski definition) is 4. The Hall–Kier alpha value is -3.43. The normalized spacial score (nSPS) is 11.1. The Bertz CT molecular complexity index is 978. The summed E-state index contributed by atoms with van der Waals surface area (Å²) in [5, 5.41) is 18.1. The van der Waals surface area contributed by atoms with Crippen molar-refractivity contribution in [2.45, 2.75) is 0 Å². The third kappa shape index (κ3) is 4.60. The lowest BCUT2D eigenvalue weighted by Gasteiger charge is -2.08. The minimum atomic E-state index is -0.601. The fourth-order valence-corrected chi connectivity index (χ4v) is 2.29. The van der Waals surface area contributed by atoms with Gasteiger partial charge in [-0.15, -0.1) is 0 Å². The third-order valence-corrected chi connectivity index (χ3v) is 3.61. The van der Waals surface area contributed by atoms with Crippen molar-refractivity contribution in [1.29, 1.82) is 0 Å². The molecule has 2 amide bonds. The summed E-state index contributed by atoms with van der Waals surface area (Å²) >= 11 is 5.72. The zero-order valence-corrected chi connectivity index (χ0v) is 14.4. The first-order valence-electron chi connectivity index (χ1n) is 7.58. The number of halogens is 2. The maximum absolute atomic E-state index is 13.3. The molecule has 0 radical (unpaired) electrons. The van der Waals surface area contributed by atoms with Gasteiger partial charge in [0.25, 0.3) is 0 Å². The van der Waals surface area contributed by atoms with Crippen LogP contribution in [0.15, 0.2) is 64.3 Å². The molecule has 0 atom stereocenters. The highest BCUT2D eigenvalue weighted by Gasteiger charge is 2.17. The van der Waals surface area contributed by atoms with Crippen LogP contribution in [0.1, 0.15) is 5.69 Å². The Labute approximate surface area is 157 Å². The number of para-hydroxylation sites is 1. The lowest BCUT2D eigenvalue weighted by atomic mass is 10.3. The molecule has 3 rings (SSSR count). The summed E-state index contributed by atoms with van der Waals surface area (Å²) in [6, 6.07) is 12.0. The zero-order valence-electron chi connectivity index (χ0n) is 13.6. The smallest absolute Gasteiger partial charge is 0.323 e. The quantitative estimate of drug-likeness (QED) is 0.304. The minimum absolute atomic E-state index is 0.0289. The van der Waals surface area contributed by atoms with Gasteiger partial charge < -0.3 is 15.2 Å². The highest BCUT2D eigenvalue weighted by atomic mass is 35.5. The molecule has 1 heterocycles. The van der Waals surface area contributed by atoms with Crippen molar-refractivity contribution in [3.8, 4) is 0 Å². The molecule has 0 saturated carbocycles. The third-order valence-electron chi connectivity index (χ3n) is 3.32. The summed E-state index contributed by atoms with van der Waals surface area (Å²) in [5.41, 5.74) is 2.88. The molecule has 138 valence electrons. The summed E-state index contributed by atoms with van der Waals surface area (Å²) in [7, 11) is 0. The number of hydroxylamine groups is 1. The Kier molecular flexibility index (Phi) is 5.64. The number of rotatable bonds is 4. The van der Waals surface area contributed by atoms with Gasteiger partial charge in [-0.2, -0.15) is 0 Å². The summed E-state index contributed by atoms with van der Waals surface area (Å²) in [5.74, 6) is -0.739. The van der Waals surface area contributed by atoms with Crippen molar-refractivity contribution >= 4 is 40.5 Å². The highest BCUT2D eigenvalue weighted by molar-refractivity contribution is 6.31. The minimum Gasteiger partial charge on any atom is -0.362 e. The van der Waals surface area contributed by atoms with Crippen molar-refractivity contribution in [1.82, 2.24) is 10.6 Å². The number of amides is 2. The summed E-state index contributed by atoms with van der Waals surface area (Å²) in [6.07, 6.45) is 1.17. The summed E-state index contributed by atoms with van der Waals surface area (Å²) in [6.45, 7) is 0. The van der Waals surface area contributed by atoms with Crippen molar-refractivity contribution in [2.75, 3.05) is 10.6 Å². The lowest BCUT2D eigenvalue weighted by molar-refractivity contribution is 0.234. The molecule has 2 aromatic carbocycles. The molecule has 0 unspecified atom stereocenters. The van der Waals surface area contributed by atoms with E-state index < -0.39 is 11.8 Å². The molecular formula is C17H13ClFN5O3. The Morgan fingerprint density at radius 3 is 2.67 bits per heavy atom. The molecule has 10 heteroatoms. The molecule has 0 aliphatic carbocycles. The van der Waals surface area contributed by atoms with Crippen LogP contribution < -0.4 is 16.1 Å². The van der Waals surface area contributed by atoms with E-state index in [4.69, 9.17) is 16.1 Å². The average molecular weight is 390 g/mol. The second-order valence-corrected chi connectivity index (χ2v) is 5.60. The Morgan fingerprint density at radius 1 is 1.19 bits per heavy atom. The van der Waals surface area contributed by atoms with Crippen molar-refractivity contribution in [2.24, 2.45) is 4.99 Å². The molecule has 1 aromatic heterocycles. The van der Waals surface area contributed by atoms with Gasteiger partial charge in [0.15, 0.2) is 11.5 Å². The number of nitrogens with one attached hydrogen (secondary N) is 3. The van der Waals surface area contributed by atoms with Crippen LogP contribution >= 0.6 is 11.6 Å². The fourth-order valence-electron chi connectivity index (χ4n) is 2.12. The van der Waals surface area contributed by atoms with Gasteiger partial charge in [0.05, 0.1) is 10.7 Å². The van der Waals surface area contributed by atoms with Gasteiger partial charge in [0, 0.05) is 5.69 Å². The number of aromatic nitrogens is 1. The van der Waals surface area contributed by atoms with Crippen LogP contribution in [0.25, 0.3) is 0 Å². The predicted molar refractivity (Wildman–Crippen MR) is 98.1 cm³/mol. The molecule has 3 aromatic rings. The SMILES string of the molecule is O=C(Nc1ccccc1)Nc1conc1C(=Nc1ccc(F)c(Cl)c1)NO. The molecule has 0 aliphatic heterocycles. The highest BCUT2D eigenvalue weighted by Crippen LogP contribution is 2.23. The number of carbonyl (C=O) groups is 1. The number of amidine groups is 1. The lowest BCUT2D eigenvalue weighted by Crippen LogP contribution is -2.24. The maximum Gasteiger partial charge on any atom is 0.323 e. The van der Waals surface area contributed by atoms with E-state index in [1.165, 1.54) is 18.4 Å². The van der Waals surface area contributed by atoms with Gasteiger partial charge in [-0.05, 0) is 30.3 Å². The van der Waals surface area contributed by atoms with E-state index >= 15 is 0 Å². The van der Waals surface area contributed by atoms with Crippen LogP contribution in [0.4, 0.5) is 26.2 Å². The summed E-state index contributed by atoms with van der Waals surface area (Å²) < 4.78 is 18.1. The Morgan fingerprint density at radius 2 is 1.96 bits per heavy atom. The van der Waals surface area contributed by atoms with Gasteiger partial charge in [-0.3, -0.25) is 10.7 Å². The number of hydrogen-bond acceptors (Lipinski definition) is 5. The van der Waals surface area contributed by atoms with Crippen molar-refractivity contribution in [3.63, 3.8) is 0 Å². The number of aliphatic imine (C=N–C) groups is 1. The van der Waals surface area contributed by atoms with E-state index in [0.717, 1.165) is 6.07 Å². The number of urea groups is 1. The van der Waals surface area contributed by atoms with Crippen molar-refractivity contribution in [3.05, 3.63) is 71.3 Å². The van der Waals surface area contributed by atoms with E-state index in [1.54, 1.807) is 24.3 Å². The molecule has 0 fully saturated rings. The largest absolute Gasteiger partial charge is 0.362 e. The number of carbonyl (C=O) groups excluding carboxylic acids is 1. The average Bonchev–Trinajstić information content (AvgIpc) is 3.11. The Balaban J connectivity index is 1.80. The predicted octanol–water partition coefficient (Wildman–Crippen LogP) is 4.17. The van der Waals surface area contributed by atoms with Crippen molar-refractivity contribution < 1.29 is 18.9 Å². The van der Waals surface area contributed by atoms with Gasteiger partial charge in [-0.25, -0.2) is 14.2 Å². The molecule has 27 heavy (non-hydrogen) atoms. The topological polar surface area (TPSA) is 112 Å². The molecular weight excluding hydrogens is 377 g/mol. The van der Waals surface area contributed by atoms with Gasteiger partial charge in [-0.1, -0.05) is 35.0 Å². The van der Waals surface area contributed by atoms with Crippen LogP contribution in [0.3, 0.4) is 0 Å². The second kappa shape index (κ2) is 8.30. The van der Waals surface area contributed by atoms with Crippen LogP contribution in [0, 0.1) is 5.82 Å². The van der Waals surface area contributed by atoms with Crippen LogP contribution in [-0.4, -0.2) is 22.2 Å². The molecule has 4 N–H and O–H groups in total. The summed E-state index contributed by atoms with van der Waals surface area (Å²) in [4.78, 5) is 16.2. The molecule has 0 saturated heterocycles. The monoisotopic (exact) mass is 389 g/mol. The van der Waals surface area contributed by atoms with Gasteiger partial charge >= 0.3 is 6.03 Å². The number of anilines is 2.